The summed E-state index contributed by atoms with van der Waals surface area (Å²) in [5, 5.41) is 3.32. The molecule has 3 rings (SSSR count). The number of nitrogens with zero attached hydrogens (tertiary/aromatic N) is 2. The van der Waals surface area contributed by atoms with Gasteiger partial charge in [-0.2, -0.15) is 0 Å². The van der Waals surface area contributed by atoms with E-state index in [0.29, 0.717) is 31.1 Å². The number of carbonyl (C=O) groups excluding carboxylic acids is 1. The van der Waals surface area contributed by atoms with Crippen LogP contribution in [0.3, 0.4) is 0 Å². The first-order chi connectivity index (χ1) is 12.6. The van der Waals surface area contributed by atoms with E-state index in [1.54, 1.807) is 4.90 Å². The van der Waals surface area contributed by atoms with Gasteiger partial charge in [0.05, 0.1) is 6.61 Å². The largest absolute Gasteiger partial charge is 0.450 e. The molecule has 0 radical (unpaired) electrons. The van der Waals surface area contributed by atoms with E-state index < -0.39 is 0 Å². The number of carbonyl (C=O) groups is 1. The van der Waals surface area contributed by atoms with Crippen LogP contribution in [-0.2, 0) is 11.2 Å². The first-order valence-corrected chi connectivity index (χ1v) is 9.62. The Balaban J connectivity index is 1.42. The maximum atomic E-state index is 11.7. The lowest BCUT2D eigenvalue weighted by Gasteiger charge is -2.31. The lowest BCUT2D eigenvalue weighted by Crippen LogP contribution is -2.48. The van der Waals surface area contributed by atoms with Crippen LogP contribution in [0.5, 0.6) is 0 Å². The lowest BCUT2D eigenvalue weighted by molar-refractivity contribution is 0.0963. The SMILES string of the molecule is CCOC(=O)N1CCC(NC(N)=NCC2(Cc3ccccc3)CC2)CC1. The summed E-state index contributed by atoms with van der Waals surface area (Å²) in [5.74, 6) is 0.527. The second-order valence-corrected chi connectivity index (χ2v) is 7.47. The van der Waals surface area contributed by atoms with Crippen molar-refractivity contribution < 1.29 is 9.53 Å². The number of piperidine rings is 1. The number of guanidine groups is 1. The van der Waals surface area contributed by atoms with E-state index in [1.165, 1.54) is 18.4 Å². The van der Waals surface area contributed by atoms with Crippen molar-refractivity contribution in [1.82, 2.24) is 10.2 Å². The highest BCUT2D eigenvalue weighted by atomic mass is 16.6. The van der Waals surface area contributed by atoms with Gasteiger partial charge in [0.15, 0.2) is 5.96 Å². The number of ether oxygens (including phenoxy) is 1. The van der Waals surface area contributed by atoms with Gasteiger partial charge >= 0.3 is 6.09 Å². The summed E-state index contributed by atoms with van der Waals surface area (Å²) in [6.07, 6.45) is 5.02. The molecule has 1 amide bonds. The highest BCUT2D eigenvalue weighted by molar-refractivity contribution is 5.78. The summed E-state index contributed by atoms with van der Waals surface area (Å²) in [6, 6.07) is 10.9. The maximum absolute atomic E-state index is 11.7. The Morgan fingerprint density at radius 2 is 2.00 bits per heavy atom. The molecule has 6 nitrogen and oxygen atoms in total. The third-order valence-electron chi connectivity index (χ3n) is 5.34. The molecule has 1 aliphatic heterocycles. The molecule has 1 saturated carbocycles. The molecule has 2 aliphatic rings. The number of benzene rings is 1. The lowest BCUT2D eigenvalue weighted by atomic mass is 9.97. The normalized spacial score (nSPS) is 19.9. The van der Waals surface area contributed by atoms with Crippen LogP contribution in [0, 0.1) is 5.41 Å². The Morgan fingerprint density at radius 1 is 1.31 bits per heavy atom. The molecule has 1 heterocycles. The predicted molar refractivity (Wildman–Crippen MR) is 103 cm³/mol. The van der Waals surface area contributed by atoms with Crippen LogP contribution in [0.15, 0.2) is 35.3 Å². The summed E-state index contributed by atoms with van der Waals surface area (Å²) < 4.78 is 5.05. The first kappa shape index (κ1) is 18.5. The van der Waals surface area contributed by atoms with Gasteiger partial charge < -0.3 is 20.7 Å². The van der Waals surface area contributed by atoms with E-state index in [9.17, 15) is 4.79 Å². The summed E-state index contributed by atoms with van der Waals surface area (Å²) in [7, 11) is 0. The van der Waals surface area contributed by atoms with E-state index >= 15 is 0 Å². The minimum atomic E-state index is -0.218. The topological polar surface area (TPSA) is 80.0 Å². The Hall–Kier alpha value is -2.24. The van der Waals surface area contributed by atoms with Gasteiger partial charge in [0, 0.05) is 25.7 Å². The van der Waals surface area contributed by atoms with Crippen molar-refractivity contribution in [2.24, 2.45) is 16.1 Å². The zero-order chi connectivity index (χ0) is 18.4. The third-order valence-corrected chi connectivity index (χ3v) is 5.34. The minimum Gasteiger partial charge on any atom is -0.450 e. The van der Waals surface area contributed by atoms with Gasteiger partial charge in [0.2, 0.25) is 0 Å². The summed E-state index contributed by atoms with van der Waals surface area (Å²) in [6.45, 7) is 4.42. The zero-order valence-corrected chi connectivity index (χ0v) is 15.6. The van der Waals surface area contributed by atoms with Gasteiger partial charge in [-0.3, -0.25) is 4.99 Å². The molecule has 0 spiro atoms. The number of nitrogens with one attached hydrogen (secondary N) is 1. The van der Waals surface area contributed by atoms with Crippen molar-refractivity contribution >= 4 is 12.1 Å². The number of rotatable bonds is 6. The van der Waals surface area contributed by atoms with Crippen LogP contribution in [-0.4, -0.2) is 49.2 Å². The van der Waals surface area contributed by atoms with Crippen LogP contribution < -0.4 is 11.1 Å². The number of hydrogen-bond donors (Lipinski definition) is 2. The van der Waals surface area contributed by atoms with Gasteiger partial charge in [0.25, 0.3) is 0 Å². The van der Waals surface area contributed by atoms with Gasteiger partial charge in [-0.25, -0.2) is 4.79 Å². The van der Waals surface area contributed by atoms with Crippen molar-refractivity contribution in [3.8, 4) is 0 Å². The van der Waals surface area contributed by atoms with Crippen LogP contribution in [0.1, 0.15) is 38.2 Å². The second-order valence-electron chi connectivity index (χ2n) is 7.47. The van der Waals surface area contributed by atoms with Crippen molar-refractivity contribution in [2.75, 3.05) is 26.2 Å². The Labute approximate surface area is 155 Å². The molecule has 2 fully saturated rings. The summed E-state index contributed by atoms with van der Waals surface area (Å²) in [4.78, 5) is 18.1. The summed E-state index contributed by atoms with van der Waals surface area (Å²) >= 11 is 0. The smallest absolute Gasteiger partial charge is 0.409 e. The van der Waals surface area contributed by atoms with Crippen LogP contribution >= 0.6 is 0 Å². The fourth-order valence-corrected chi connectivity index (χ4v) is 3.53. The molecule has 0 unspecified atom stereocenters. The highest BCUT2D eigenvalue weighted by Crippen LogP contribution is 2.48. The van der Waals surface area contributed by atoms with Gasteiger partial charge in [-0.05, 0) is 50.0 Å². The third kappa shape index (κ3) is 5.13. The Bertz CT molecular complexity index is 620. The van der Waals surface area contributed by atoms with Gasteiger partial charge in [0.1, 0.15) is 0 Å². The van der Waals surface area contributed by atoms with E-state index in [2.05, 4.69) is 40.6 Å². The molecular weight excluding hydrogens is 328 g/mol. The fraction of sp³-hybridized carbons (Fsp3) is 0.600. The van der Waals surface area contributed by atoms with Crippen molar-refractivity contribution in [2.45, 2.75) is 45.1 Å². The highest BCUT2D eigenvalue weighted by Gasteiger charge is 2.42. The predicted octanol–water partition coefficient (Wildman–Crippen LogP) is 2.53. The monoisotopic (exact) mass is 358 g/mol. The number of amides is 1. The van der Waals surface area contributed by atoms with E-state index in [0.717, 1.165) is 25.8 Å². The minimum absolute atomic E-state index is 0.218. The average Bonchev–Trinajstić information content (AvgIpc) is 3.41. The molecule has 142 valence electrons. The fourth-order valence-electron chi connectivity index (χ4n) is 3.53. The van der Waals surface area contributed by atoms with Crippen molar-refractivity contribution in [3.63, 3.8) is 0 Å². The van der Waals surface area contributed by atoms with Gasteiger partial charge in [-0.1, -0.05) is 30.3 Å². The standard InChI is InChI=1S/C20H30N4O2/c1-2-26-19(25)24-12-8-17(9-13-24)23-18(21)22-15-20(10-11-20)14-16-6-4-3-5-7-16/h3-7,17H,2,8-15H2,1H3,(H3,21,22,23). The van der Waals surface area contributed by atoms with Crippen molar-refractivity contribution in [1.29, 1.82) is 0 Å². The number of nitrogens with two attached hydrogens (primary N) is 1. The number of hydrogen-bond acceptors (Lipinski definition) is 3. The maximum Gasteiger partial charge on any atom is 0.409 e. The molecule has 0 aromatic heterocycles. The molecule has 1 aromatic carbocycles. The quantitative estimate of drug-likeness (QED) is 0.605. The summed E-state index contributed by atoms with van der Waals surface area (Å²) in [5.41, 5.74) is 7.77. The zero-order valence-electron chi connectivity index (χ0n) is 15.6. The molecule has 1 saturated heterocycles. The average molecular weight is 358 g/mol. The van der Waals surface area contributed by atoms with Gasteiger partial charge in [-0.15, -0.1) is 0 Å². The molecule has 3 N–H and O–H groups in total. The molecule has 0 atom stereocenters. The Kier molecular flexibility index (Phi) is 6.01. The van der Waals surface area contributed by atoms with Crippen LogP contribution in [0.25, 0.3) is 0 Å². The molecule has 1 aliphatic carbocycles. The second kappa shape index (κ2) is 8.43. The number of likely N-dealkylation sites (tertiary alicyclic amines) is 1. The van der Waals surface area contributed by atoms with E-state index in [-0.39, 0.29) is 12.1 Å². The van der Waals surface area contributed by atoms with E-state index in [1.807, 2.05) is 6.92 Å². The van der Waals surface area contributed by atoms with E-state index in [4.69, 9.17) is 10.5 Å². The molecule has 26 heavy (non-hydrogen) atoms. The molecular formula is C20H30N4O2. The molecule has 1 aromatic rings. The van der Waals surface area contributed by atoms with Crippen LogP contribution in [0.2, 0.25) is 0 Å². The number of aliphatic imine (C=N–C) groups is 1. The van der Waals surface area contributed by atoms with Crippen LogP contribution in [0.4, 0.5) is 4.79 Å². The van der Waals surface area contributed by atoms with Crippen molar-refractivity contribution in [3.05, 3.63) is 35.9 Å². The Morgan fingerprint density at radius 3 is 2.62 bits per heavy atom. The first-order valence-electron chi connectivity index (χ1n) is 9.62. The molecule has 6 heteroatoms. The molecule has 0 bridgehead atoms.